The van der Waals surface area contributed by atoms with Crippen LogP contribution in [0.4, 0.5) is 0 Å². The lowest BCUT2D eigenvalue weighted by molar-refractivity contribution is -0.0667. The number of aromatic nitrogens is 2. The summed E-state index contributed by atoms with van der Waals surface area (Å²) in [5.74, 6) is 0.966. The van der Waals surface area contributed by atoms with Crippen LogP contribution in [0.1, 0.15) is 33.3 Å². The van der Waals surface area contributed by atoms with Crippen LogP contribution in [0.25, 0.3) is 0 Å². The molecule has 1 aliphatic rings. The minimum atomic E-state index is 0.129. The van der Waals surface area contributed by atoms with Gasteiger partial charge in [0.15, 0.2) is 5.96 Å². The van der Waals surface area contributed by atoms with E-state index in [-0.39, 0.29) is 5.54 Å². The standard InChI is InChI=1S/C14H25N5/c1-13(2)10-19(14(13,3)4)12(15-5)16-7-11-8-17-18(6)9-11/h8-9H,7,10H2,1-6H3,(H,15,16). The number of rotatable bonds is 2. The van der Waals surface area contributed by atoms with Crippen molar-refractivity contribution in [2.24, 2.45) is 17.5 Å². The van der Waals surface area contributed by atoms with Crippen molar-refractivity contribution in [3.05, 3.63) is 18.0 Å². The maximum atomic E-state index is 4.40. The van der Waals surface area contributed by atoms with Gasteiger partial charge in [0.2, 0.25) is 0 Å². The summed E-state index contributed by atoms with van der Waals surface area (Å²) in [5.41, 5.74) is 1.61. The van der Waals surface area contributed by atoms with Gasteiger partial charge in [-0.15, -0.1) is 0 Å². The molecule has 0 saturated carbocycles. The Balaban J connectivity index is 1.99. The van der Waals surface area contributed by atoms with Crippen molar-refractivity contribution < 1.29 is 0 Å². The van der Waals surface area contributed by atoms with Crippen LogP contribution in [0.2, 0.25) is 0 Å². The molecule has 5 heteroatoms. The Morgan fingerprint density at radius 2 is 2.11 bits per heavy atom. The van der Waals surface area contributed by atoms with E-state index in [4.69, 9.17) is 0 Å². The van der Waals surface area contributed by atoms with E-state index in [0.29, 0.717) is 5.41 Å². The molecule has 0 aromatic carbocycles. The summed E-state index contributed by atoms with van der Waals surface area (Å²) in [6.07, 6.45) is 3.90. The zero-order chi connectivity index (χ0) is 14.3. The first-order valence-electron chi connectivity index (χ1n) is 6.74. The summed E-state index contributed by atoms with van der Waals surface area (Å²) in [4.78, 5) is 6.73. The molecule has 0 bridgehead atoms. The van der Waals surface area contributed by atoms with E-state index in [2.05, 4.69) is 48.0 Å². The zero-order valence-corrected chi connectivity index (χ0v) is 12.9. The van der Waals surface area contributed by atoms with E-state index < -0.39 is 0 Å². The van der Waals surface area contributed by atoms with Crippen molar-refractivity contribution in [2.45, 2.75) is 39.8 Å². The SMILES string of the molecule is CN=C(NCc1cnn(C)c1)N1CC(C)(C)C1(C)C. The van der Waals surface area contributed by atoms with Crippen LogP contribution < -0.4 is 5.32 Å². The number of hydrogen-bond acceptors (Lipinski definition) is 2. The number of aryl methyl sites for hydroxylation is 1. The summed E-state index contributed by atoms with van der Waals surface area (Å²) in [6.45, 7) is 10.9. The molecular weight excluding hydrogens is 238 g/mol. The molecule has 2 rings (SSSR count). The molecule has 0 aliphatic carbocycles. The van der Waals surface area contributed by atoms with Crippen LogP contribution in [0.3, 0.4) is 0 Å². The van der Waals surface area contributed by atoms with Crippen molar-refractivity contribution in [2.75, 3.05) is 13.6 Å². The minimum Gasteiger partial charge on any atom is -0.352 e. The summed E-state index contributed by atoms with van der Waals surface area (Å²) >= 11 is 0. The van der Waals surface area contributed by atoms with Gasteiger partial charge in [-0.05, 0) is 13.8 Å². The van der Waals surface area contributed by atoms with Gasteiger partial charge in [0.1, 0.15) is 0 Å². The third kappa shape index (κ3) is 2.33. The highest BCUT2D eigenvalue weighted by Crippen LogP contribution is 2.46. The summed E-state index contributed by atoms with van der Waals surface area (Å²) in [7, 11) is 3.77. The highest BCUT2D eigenvalue weighted by Gasteiger charge is 2.53. The molecule has 0 spiro atoms. The molecule has 0 radical (unpaired) electrons. The maximum absolute atomic E-state index is 4.40. The second-order valence-electron chi connectivity index (χ2n) is 6.45. The highest BCUT2D eigenvalue weighted by molar-refractivity contribution is 5.81. The second kappa shape index (κ2) is 4.54. The summed E-state index contributed by atoms with van der Waals surface area (Å²) in [5, 5.41) is 7.59. The molecule has 0 amide bonds. The number of guanidine groups is 1. The van der Waals surface area contributed by atoms with Crippen LogP contribution in [-0.4, -0.2) is 39.8 Å². The first-order chi connectivity index (χ1) is 8.78. The first kappa shape index (κ1) is 13.9. The van der Waals surface area contributed by atoms with Gasteiger partial charge >= 0.3 is 0 Å². The van der Waals surface area contributed by atoms with Crippen LogP contribution in [0.5, 0.6) is 0 Å². The quantitative estimate of drug-likeness (QED) is 0.651. The van der Waals surface area contributed by atoms with E-state index in [0.717, 1.165) is 19.0 Å². The van der Waals surface area contributed by atoms with Crippen molar-refractivity contribution in [1.29, 1.82) is 0 Å². The Bertz CT molecular complexity index is 484. The predicted molar refractivity (Wildman–Crippen MR) is 78.0 cm³/mol. The van der Waals surface area contributed by atoms with E-state index in [1.807, 2.05) is 31.2 Å². The smallest absolute Gasteiger partial charge is 0.194 e. The van der Waals surface area contributed by atoms with Crippen LogP contribution in [-0.2, 0) is 13.6 Å². The van der Waals surface area contributed by atoms with E-state index >= 15 is 0 Å². The third-order valence-corrected chi connectivity index (χ3v) is 4.56. The molecule has 1 aromatic heterocycles. The normalized spacial score (nSPS) is 21.2. The molecule has 1 fully saturated rings. The van der Waals surface area contributed by atoms with Crippen molar-refractivity contribution >= 4 is 5.96 Å². The second-order valence-corrected chi connectivity index (χ2v) is 6.45. The van der Waals surface area contributed by atoms with Gasteiger partial charge in [0.25, 0.3) is 0 Å². The third-order valence-electron chi connectivity index (χ3n) is 4.56. The van der Waals surface area contributed by atoms with Crippen LogP contribution >= 0.6 is 0 Å². The van der Waals surface area contributed by atoms with Gasteiger partial charge in [-0.3, -0.25) is 9.67 Å². The highest BCUT2D eigenvalue weighted by atomic mass is 15.4. The van der Waals surface area contributed by atoms with Gasteiger partial charge in [-0.1, -0.05) is 13.8 Å². The largest absolute Gasteiger partial charge is 0.352 e. The number of likely N-dealkylation sites (tertiary alicyclic amines) is 1. The summed E-state index contributed by atoms with van der Waals surface area (Å²) < 4.78 is 1.82. The molecule has 1 N–H and O–H groups in total. The number of hydrogen-bond donors (Lipinski definition) is 1. The number of aliphatic imine (C=N–C) groups is 1. The monoisotopic (exact) mass is 263 g/mol. The minimum absolute atomic E-state index is 0.129. The molecule has 1 aliphatic heterocycles. The van der Waals surface area contributed by atoms with Gasteiger partial charge in [-0.2, -0.15) is 5.10 Å². The fraction of sp³-hybridized carbons (Fsp3) is 0.714. The Labute approximate surface area is 115 Å². The Hall–Kier alpha value is -1.52. The Morgan fingerprint density at radius 1 is 1.42 bits per heavy atom. The first-order valence-corrected chi connectivity index (χ1v) is 6.74. The van der Waals surface area contributed by atoms with E-state index in [1.54, 1.807) is 0 Å². The van der Waals surface area contributed by atoms with Crippen LogP contribution in [0, 0.1) is 5.41 Å². The molecule has 0 unspecified atom stereocenters. The molecule has 0 atom stereocenters. The van der Waals surface area contributed by atoms with Crippen LogP contribution in [0.15, 0.2) is 17.4 Å². The molecule has 5 nitrogen and oxygen atoms in total. The molecule has 2 heterocycles. The zero-order valence-electron chi connectivity index (χ0n) is 12.9. The van der Waals surface area contributed by atoms with Gasteiger partial charge in [0.05, 0.1) is 6.20 Å². The van der Waals surface area contributed by atoms with Gasteiger partial charge in [0, 0.05) is 49.9 Å². The fourth-order valence-corrected chi connectivity index (χ4v) is 2.44. The van der Waals surface area contributed by atoms with Crippen molar-refractivity contribution in [3.63, 3.8) is 0 Å². The fourth-order valence-electron chi connectivity index (χ4n) is 2.44. The number of nitrogens with one attached hydrogen (secondary N) is 1. The molecule has 1 aromatic rings. The van der Waals surface area contributed by atoms with Gasteiger partial charge in [-0.25, -0.2) is 0 Å². The van der Waals surface area contributed by atoms with E-state index in [9.17, 15) is 0 Å². The molecule has 19 heavy (non-hydrogen) atoms. The lowest BCUT2D eigenvalue weighted by Crippen LogP contribution is -2.72. The van der Waals surface area contributed by atoms with E-state index in [1.165, 1.54) is 5.56 Å². The topological polar surface area (TPSA) is 45.5 Å². The Morgan fingerprint density at radius 3 is 2.53 bits per heavy atom. The average Bonchev–Trinajstić information content (AvgIpc) is 2.74. The lowest BCUT2D eigenvalue weighted by atomic mass is 9.65. The number of nitrogens with zero attached hydrogens (tertiary/aromatic N) is 4. The molecule has 1 saturated heterocycles. The molecular formula is C14H25N5. The molecule has 106 valence electrons. The van der Waals surface area contributed by atoms with Crippen molar-refractivity contribution in [3.8, 4) is 0 Å². The average molecular weight is 263 g/mol. The van der Waals surface area contributed by atoms with Gasteiger partial charge < -0.3 is 10.2 Å². The van der Waals surface area contributed by atoms with Crippen molar-refractivity contribution in [1.82, 2.24) is 20.0 Å². The maximum Gasteiger partial charge on any atom is 0.194 e. The summed E-state index contributed by atoms with van der Waals surface area (Å²) in [6, 6.07) is 0. The predicted octanol–water partition coefficient (Wildman–Crippen LogP) is 1.62. The lowest BCUT2D eigenvalue weighted by Gasteiger charge is -2.62. The Kier molecular flexibility index (Phi) is 3.32.